The summed E-state index contributed by atoms with van der Waals surface area (Å²) < 4.78 is 7.63. The standard InChI is InChI=1S/C19H27N7O.ClH/c1-11(2)15-8-13(14-9-21-26(12(3)4)18(14)22-15)19-23-17(24-27-19)16-10-20-6-7-25(16)5;/h8-9,11-12,16,20H,6-7,10H2,1-5H3;1H. The molecule has 0 radical (unpaired) electrons. The highest BCUT2D eigenvalue weighted by Crippen LogP contribution is 2.31. The van der Waals surface area contributed by atoms with Crippen molar-refractivity contribution in [2.24, 2.45) is 0 Å². The highest BCUT2D eigenvalue weighted by Gasteiger charge is 2.26. The van der Waals surface area contributed by atoms with Crippen LogP contribution in [0.15, 0.2) is 16.8 Å². The first-order valence-corrected chi connectivity index (χ1v) is 9.58. The predicted molar refractivity (Wildman–Crippen MR) is 111 cm³/mol. The predicted octanol–water partition coefficient (Wildman–Crippen LogP) is 3.18. The van der Waals surface area contributed by atoms with Crippen molar-refractivity contribution in [2.75, 3.05) is 26.7 Å². The molecule has 4 rings (SSSR count). The molecule has 3 aromatic rings. The van der Waals surface area contributed by atoms with Gasteiger partial charge >= 0.3 is 0 Å². The van der Waals surface area contributed by atoms with Crippen molar-refractivity contribution in [3.63, 3.8) is 0 Å². The minimum Gasteiger partial charge on any atom is -0.334 e. The minimum atomic E-state index is 0. The molecule has 3 aromatic heterocycles. The molecule has 0 bridgehead atoms. The van der Waals surface area contributed by atoms with Gasteiger partial charge in [0.05, 0.1) is 23.2 Å². The summed E-state index contributed by atoms with van der Waals surface area (Å²) in [7, 11) is 2.09. The van der Waals surface area contributed by atoms with Crippen molar-refractivity contribution in [3.05, 3.63) is 23.8 Å². The molecule has 1 atom stereocenters. The fourth-order valence-electron chi connectivity index (χ4n) is 3.46. The van der Waals surface area contributed by atoms with Crippen molar-refractivity contribution < 1.29 is 4.52 Å². The van der Waals surface area contributed by atoms with E-state index in [2.05, 4.69) is 61.3 Å². The Labute approximate surface area is 171 Å². The summed E-state index contributed by atoms with van der Waals surface area (Å²) >= 11 is 0. The Morgan fingerprint density at radius 3 is 2.68 bits per heavy atom. The second-order valence-electron chi connectivity index (χ2n) is 7.83. The van der Waals surface area contributed by atoms with Gasteiger partial charge in [-0.05, 0) is 32.9 Å². The average molecular weight is 406 g/mol. The monoisotopic (exact) mass is 405 g/mol. The van der Waals surface area contributed by atoms with Crippen LogP contribution in [0.4, 0.5) is 0 Å². The molecule has 28 heavy (non-hydrogen) atoms. The van der Waals surface area contributed by atoms with E-state index in [1.54, 1.807) is 0 Å². The van der Waals surface area contributed by atoms with E-state index in [0.717, 1.165) is 41.9 Å². The normalized spacial score (nSPS) is 18.2. The molecule has 1 aliphatic rings. The molecule has 0 spiro atoms. The van der Waals surface area contributed by atoms with E-state index < -0.39 is 0 Å². The summed E-state index contributed by atoms with van der Waals surface area (Å²) in [5.74, 6) is 1.54. The Balaban J connectivity index is 0.00000225. The molecule has 0 amide bonds. The van der Waals surface area contributed by atoms with Gasteiger partial charge in [-0.15, -0.1) is 12.4 Å². The molecule has 1 saturated heterocycles. The van der Waals surface area contributed by atoms with Crippen molar-refractivity contribution in [1.29, 1.82) is 0 Å². The zero-order chi connectivity index (χ0) is 19.1. The number of rotatable bonds is 4. The molecule has 0 aromatic carbocycles. The molecular formula is C19H28ClN7O. The van der Waals surface area contributed by atoms with E-state index in [4.69, 9.17) is 14.5 Å². The minimum absolute atomic E-state index is 0. The molecule has 152 valence electrons. The lowest BCUT2D eigenvalue weighted by Gasteiger charge is -2.30. The lowest BCUT2D eigenvalue weighted by atomic mass is 10.1. The Morgan fingerprint density at radius 1 is 1.21 bits per heavy atom. The largest absolute Gasteiger partial charge is 0.334 e. The summed E-state index contributed by atoms with van der Waals surface area (Å²) in [6, 6.07) is 2.40. The Bertz CT molecular complexity index is 949. The molecule has 4 heterocycles. The summed E-state index contributed by atoms with van der Waals surface area (Å²) in [6.07, 6.45) is 1.85. The van der Waals surface area contributed by atoms with Gasteiger partial charge in [0.25, 0.3) is 5.89 Å². The molecule has 8 nitrogen and oxygen atoms in total. The number of piperazine rings is 1. The van der Waals surface area contributed by atoms with Gasteiger partial charge in [-0.2, -0.15) is 10.1 Å². The maximum absolute atomic E-state index is 5.68. The number of aromatic nitrogens is 5. The molecule has 1 unspecified atom stereocenters. The maximum Gasteiger partial charge on any atom is 0.258 e. The zero-order valence-electron chi connectivity index (χ0n) is 17.0. The number of hydrogen-bond donors (Lipinski definition) is 1. The lowest BCUT2D eigenvalue weighted by molar-refractivity contribution is 0.190. The van der Waals surface area contributed by atoms with Gasteiger partial charge in [0.2, 0.25) is 0 Å². The number of fused-ring (bicyclic) bond motifs is 1. The van der Waals surface area contributed by atoms with Crippen molar-refractivity contribution >= 4 is 23.4 Å². The molecule has 9 heteroatoms. The summed E-state index contributed by atoms with van der Waals surface area (Å²) in [6.45, 7) is 11.2. The third kappa shape index (κ3) is 3.64. The topological polar surface area (TPSA) is 84.9 Å². The van der Waals surface area contributed by atoms with Crippen LogP contribution < -0.4 is 5.32 Å². The SMILES string of the molecule is CC(C)c1cc(-c2nc(C3CNCCN3C)no2)c2cnn(C(C)C)c2n1.Cl. The molecule has 1 fully saturated rings. The van der Waals surface area contributed by atoms with Crippen LogP contribution in [0.25, 0.3) is 22.5 Å². The molecular weight excluding hydrogens is 378 g/mol. The number of nitrogens with one attached hydrogen (secondary N) is 1. The van der Waals surface area contributed by atoms with Crippen LogP contribution in [-0.2, 0) is 0 Å². The van der Waals surface area contributed by atoms with E-state index in [9.17, 15) is 0 Å². The van der Waals surface area contributed by atoms with Crippen LogP contribution in [0.3, 0.4) is 0 Å². The molecule has 1 N–H and O–H groups in total. The van der Waals surface area contributed by atoms with Crippen LogP contribution >= 0.6 is 12.4 Å². The first-order chi connectivity index (χ1) is 13.0. The number of halogens is 1. The van der Waals surface area contributed by atoms with E-state index in [1.165, 1.54) is 0 Å². The summed E-state index contributed by atoms with van der Waals surface area (Å²) in [5.41, 5.74) is 2.76. The highest BCUT2D eigenvalue weighted by molar-refractivity contribution is 5.90. The number of hydrogen-bond acceptors (Lipinski definition) is 7. The van der Waals surface area contributed by atoms with Crippen LogP contribution in [0.1, 0.15) is 57.2 Å². The van der Waals surface area contributed by atoms with Gasteiger partial charge in [-0.1, -0.05) is 19.0 Å². The van der Waals surface area contributed by atoms with Gasteiger partial charge in [-0.3, -0.25) is 4.90 Å². The Kier molecular flexibility index (Phi) is 6.02. The lowest BCUT2D eigenvalue weighted by Crippen LogP contribution is -2.44. The van der Waals surface area contributed by atoms with E-state index in [-0.39, 0.29) is 24.5 Å². The number of nitrogens with zero attached hydrogens (tertiary/aromatic N) is 6. The van der Waals surface area contributed by atoms with Crippen LogP contribution in [0, 0.1) is 0 Å². The van der Waals surface area contributed by atoms with Crippen LogP contribution in [-0.4, -0.2) is 56.5 Å². The fourth-order valence-corrected chi connectivity index (χ4v) is 3.46. The first kappa shape index (κ1) is 20.7. The number of likely N-dealkylation sites (N-methyl/N-ethyl adjacent to an activating group) is 1. The van der Waals surface area contributed by atoms with Gasteiger partial charge in [-0.25, -0.2) is 9.67 Å². The first-order valence-electron chi connectivity index (χ1n) is 9.58. The third-order valence-corrected chi connectivity index (χ3v) is 5.15. The smallest absolute Gasteiger partial charge is 0.258 e. The van der Waals surface area contributed by atoms with Gasteiger partial charge in [0.1, 0.15) is 0 Å². The Morgan fingerprint density at radius 2 is 2.00 bits per heavy atom. The molecule has 1 aliphatic heterocycles. The zero-order valence-corrected chi connectivity index (χ0v) is 17.8. The van der Waals surface area contributed by atoms with Crippen LogP contribution in [0.2, 0.25) is 0 Å². The summed E-state index contributed by atoms with van der Waals surface area (Å²) in [5, 5.41) is 13.1. The number of pyridine rings is 1. The highest BCUT2D eigenvalue weighted by atomic mass is 35.5. The third-order valence-electron chi connectivity index (χ3n) is 5.15. The van der Waals surface area contributed by atoms with E-state index in [0.29, 0.717) is 17.6 Å². The van der Waals surface area contributed by atoms with Crippen molar-refractivity contribution in [3.8, 4) is 11.5 Å². The van der Waals surface area contributed by atoms with Gasteiger partial charge < -0.3 is 9.84 Å². The van der Waals surface area contributed by atoms with Gasteiger partial charge in [0.15, 0.2) is 11.5 Å². The van der Waals surface area contributed by atoms with Crippen LogP contribution in [0.5, 0.6) is 0 Å². The molecule has 0 aliphatic carbocycles. The molecule has 0 saturated carbocycles. The average Bonchev–Trinajstić information content (AvgIpc) is 3.28. The van der Waals surface area contributed by atoms with E-state index in [1.807, 2.05) is 10.9 Å². The second-order valence-corrected chi connectivity index (χ2v) is 7.83. The van der Waals surface area contributed by atoms with E-state index >= 15 is 0 Å². The second kappa shape index (κ2) is 8.14. The Hall–Kier alpha value is -2.03. The van der Waals surface area contributed by atoms with Gasteiger partial charge in [0, 0.05) is 31.4 Å². The van der Waals surface area contributed by atoms with Crippen molar-refractivity contribution in [2.45, 2.75) is 45.7 Å². The fraction of sp³-hybridized carbons (Fsp3) is 0.579. The van der Waals surface area contributed by atoms with Crippen molar-refractivity contribution in [1.82, 2.24) is 35.1 Å². The summed E-state index contributed by atoms with van der Waals surface area (Å²) in [4.78, 5) is 11.8. The quantitative estimate of drug-likeness (QED) is 0.713. The maximum atomic E-state index is 5.68.